The van der Waals surface area contributed by atoms with Gasteiger partial charge in [0, 0.05) is 5.56 Å². The van der Waals surface area contributed by atoms with E-state index in [4.69, 9.17) is 11.6 Å². The normalized spacial score (nSPS) is 20.0. The van der Waals surface area contributed by atoms with Crippen molar-refractivity contribution in [1.82, 2.24) is 10.4 Å². The Balaban J connectivity index is 1.84. The van der Waals surface area contributed by atoms with E-state index in [0.29, 0.717) is 5.56 Å². The molecule has 0 spiro atoms. The summed E-state index contributed by atoms with van der Waals surface area (Å²) in [7, 11) is 0. The van der Waals surface area contributed by atoms with E-state index in [1.807, 2.05) is 0 Å². The number of para-hydroxylation sites is 2. The van der Waals surface area contributed by atoms with Gasteiger partial charge in [0.2, 0.25) is 0 Å². The minimum absolute atomic E-state index is 0.0162. The minimum atomic E-state index is -0.882. The van der Waals surface area contributed by atoms with Gasteiger partial charge in [0.25, 0.3) is 11.8 Å². The Hall–Kier alpha value is -2.73. The van der Waals surface area contributed by atoms with Crippen LogP contribution in [0.4, 0.5) is 0 Å². The molecule has 23 heavy (non-hydrogen) atoms. The number of nitrogens with zero attached hydrogens (tertiary/aromatic N) is 1. The predicted molar refractivity (Wildman–Crippen MR) is 82.9 cm³/mol. The first-order valence-electron chi connectivity index (χ1n) is 6.84. The lowest BCUT2D eigenvalue weighted by Gasteiger charge is -2.44. The number of amides is 2. The molecule has 1 fully saturated rings. The molecule has 0 unspecified atom stereocenters. The van der Waals surface area contributed by atoms with Gasteiger partial charge in [-0.15, -0.1) is 11.6 Å². The molecule has 2 aromatic carbocycles. The molecule has 3 N–H and O–H groups in total. The molecule has 6 nitrogen and oxygen atoms in total. The number of carbonyl (C=O) groups excluding carboxylic acids is 2. The molecule has 0 bridgehead atoms. The highest BCUT2D eigenvalue weighted by atomic mass is 35.5. The molecule has 1 aliphatic rings. The maximum Gasteiger partial charge on any atom is 0.273 e. The lowest BCUT2D eigenvalue weighted by molar-refractivity contribution is -0.149. The lowest BCUT2D eigenvalue weighted by Crippen LogP contribution is -2.63. The molecule has 0 saturated carbocycles. The fraction of sp³-hybridized carbons (Fsp3) is 0.125. The number of phenolic OH excluding ortho intramolecular Hbond substituents is 2. The summed E-state index contributed by atoms with van der Waals surface area (Å²) in [6.45, 7) is 0. The Morgan fingerprint density at radius 2 is 1.65 bits per heavy atom. The van der Waals surface area contributed by atoms with Crippen molar-refractivity contribution >= 4 is 23.4 Å². The van der Waals surface area contributed by atoms with Crippen LogP contribution in [0.5, 0.6) is 11.5 Å². The third-order valence-electron chi connectivity index (χ3n) is 3.65. The number of alkyl halides is 1. The summed E-state index contributed by atoms with van der Waals surface area (Å²) in [6.07, 6.45) is 0. The summed E-state index contributed by atoms with van der Waals surface area (Å²) < 4.78 is 0. The average molecular weight is 333 g/mol. The summed E-state index contributed by atoms with van der Waals surface area (Å²) in [5.74, 6) is -1.33. The molecular weight excluding hydrogens is 320 g/mol. The number of halogens is 1. The van der Waals surface area contributed by atoms with E-state index in [0.717, 1.165) is 5.01 Å². The number of phenols is 2. The summed E-state index contributed by atoms with van der Waals surface area (Å²) in [6, 6.07) is 11.8. The molecule has 0 radical (unpaired) electrons. The van der Waals surface area contributed by atoms with E-state index < -0.39 is 23.2 Å². The maximum absolute atomic E-state index is 12.2. The fourth-order valence-electron chi connectivity index (χ4n) is 2.45. The zero-order valence-corrected chi connectivity index (χ0v) is 12.6. The summed E-state index contributed by atoms with van der Waals surface area (Å²) >= 11 is 6.02. The SMILES string of the molecule is O=C(NN1C(=O)[C@H](Cl)[C@@H]1c1ccccc1O)c1ccccc1O. The van der Waals surface area contributed by atoms with E-state index >= 15 is 0 Å². The maximum atomic E-state index is 12.2. The first-order chi connectivity index (χ1) is 11.0. The number of aromatic hydroxyl groups is 2. The van der Waals surface area contributed by atoms with Crippen LogP contribution >= 0.6 is 11.6 Å². The van der Waals surface area contributed by atoms with Gasteiger partial charge < -0.3 is 10.2 Å². The highest BCUT2D eigenvalue weighted by molar-refractivity contribution is 6.33. The van der Waals surface area contributed by atoms with E-state index in [1.165, 1.54) is 18.2 Å². The molecule has 1 heterocycles. The standard InChI is InChI=1S/C16H13ClN2O4/c17-13-14(9-5-1-3-7-11(9)20)19(16(13)23)18-15(22)10-6-2-4-8-12(10)21/h1-8,13-14,20-21H,(H,18,22)/t13-,14+/m1/s1. The van der Waals surface area contributed by atoms with Crippen molar-refractivity contribution < 1.29 is 19.8 Å². The highest BCUT2D eigenvalue weighted by Gasteiger charge is 2.49. The molecule has 7 heteroatoms. The van der Waals surface area contributed by atoms with Gasteiger partial charge in [-0.3, -0.25) is 15.0 Å². The van der Waals surface area contributed by atoms with Crippen molar-refractivity contribution in [2.24, 2.45) is 0 Å². The second-order valence-corrected chi connectivity index (χ2v) is 5.54. The van der Waals surface area contributed by atoms with Gasteiger partial charge >= 0.3 is 0 Å². The second kappa shape index (κ2) is 5.81. The lowest BCUT2D eigenvalue weighted by atomic mass is 9.94. The zero-order valence-electron chi connectivity index (χ0n) is 11.8. The largest absolute Gasteiger partial charge is 0.508 e. The summed E-state index contributed by atoms with van der Waals surface area (Å²) in [4.78, 5) is 24.2. The molecular formula is C16H13ClN2O4. The molecule has 0 aliphatic carbocycles. The first-order valence-corrected chi connectivity index (χ1v) is 7.28. The van der Waals surface area contributed by atoms with Crippen LogP contribution in [0.25, 0.3) is 0 Å². The topological polar surface area (TPSA) is 89.9 Å². The third-order valence-corrected chi connectivity index (χ3v) is 4.08. The monoisotopic (exact) mass is 332 g/mol. The summed E-state index contributed by atoms with van der Waals surface area (Å²) in [5, 5.41) is 19.8. The van der Waals surface area contributed by atoms with Crippen molar-refractivity contribution in [3.63, 3.8) is 0 Å². The number of benzene rings is 2. The van der Waals surface area contributed by atoms with Gasteiger partial charge in [-0.05, 0) is 18.2 Å². The van der Waals surface area contributed by atoms with Gasteiger partial charge in [0.05, 0.1) is 5.56 Å². The number of nitrogens with one attached hydrogen (secondary N) is 1. The van der Waals surface area contributed by atoms with Crippen LogP contribution < -0.4 is 5.43 Å². The number of hydrogen-bond acceptors (Lipinski definition) is 4. The molecule has 118 valence electrons. The fourth-order valence-corrected chi connectivity index (χ4v) is 2.80. The molecule has 0 aromatic heterocycles. The van der Waals surface area contributed by atoms with Crippen molar-refractivity contribution in [3.8, 4) is 11.5 Å². The van der Waals surface area contributed by atoms with Crippen LogP contribution in [-0.2, 0) is 4.79 Å². The van der Waals surface area contributed by atoms with Gasteiger partial charge in [-0.1, -0.05) is 30.3 Å². The molecule has 2 amide bonds. The molecule has 2 aromatic rings. The van der Waals surface area contributed by atoms with Crippen LogP contribution in [0.3, 0.4) is 0 Å². The number of β-lactam (4-membered cyclic amide) rings is 1. The third kappa shape index (κ3) is 2.57. The van der Waals surface area contributed by atoms with Crippen LogP contribution in [0.1, 0.15) is 22.0 Å². The average Bonchev–Trinajstić information content (AvgIpc) is 2.56. The number of carbonyl (C=O) groups is 2. The van der Waals surface area contributed by atoms with Crippen molar-refractivity contribution in [2.75, 3.05) is 0 Å². The molecule has 2 atom stereocenters. The van der Waals surface area contributed by atoms with Gasteiger partial charge in [0.15, 0.2) is 0 Å². The van der Waals surface area contributed by atoms with E-state index in [-0.39, 0.29) is 17.1 Å². The first kappa shape index (κ1) is 15.2. The Bertz CT molecular complexity index is 780. The quantitative estimate of drug-likeness (QED) is 0.592. The van der Waals surface area contributed by atoms with E-state index in [1.54, 1.807) is 30.3 Å². The Morgan fingerprint density at radius 3 is 2.30 bits per heavy atom. The Morgan fingerprint density at radius 1 is 1.04 bits per heavy atom. The molecule has 3 rings (SSSR count). The number of rotatable bonds is 3. The Labute approximate surface area is 136 Å². The Kier molecular flexibility index (Phi) is 3.83. The number of hydrazine groups is 1. The van der Waals surface area contributed by atoms with Gasteiger partial charge in [-0.2, -0.15) is 0 Å². The molecule has 1 aliphatic heterocycles. The van der Waals surface area contributed by atoms with Crippen LogP contribution in [0.15, 0.2) is 48.5 Å². The number of hydrogen-bond donors (Lipinski definition) is 3. The highest BCUT2D eigenvalue weighted by Crippen LogP contribution is 2.40. The summed E-state index contributed by atoms with van der Waals surface area (Å²) in [5.41, 5.74) is 2.89. The van der Waals surface area contributed by atoms with Crippen LogP contribution in [-0.4, -0.2) is 32.4 Å². The smallest absolute Gasteiger partial charge is 0.273 e. The van der Waals surface area contributed by atoms with Crippen molar-refractivity contribution in [3.05, 3.63) is 59.7 Å². The van der Waals surface area contributed by atoms with E-state index in [9.17, 15) is 19.8 Å². The zero-order chi connectivity index (χ0) is 16.6. The predicted octanol–water partition coefficient (Wildman–Crippen LogP) is 1.93. The second-order valence-electron chi connectivity index (χ2n) is 5.07. The van der Waals surface area contributed by atoms with E-state index in [2.05, 4.69) is 5.43 Å². The van der Waals surface area contributed by atoms with Gasteiger partial charge in [-0.25, -0.2) is 5.01 Å². The minimum Gasteiger partial charge on any atom is -0.508 e. The van der Waals surface area contributed by atoms with Crippen molar-refractivity contribution in [1.29, 1.82) is 0 Å². The van der Waals surface area contributed by atoms with Gasteiger partial charge in [0.1, 0.15) is 22.9 Å². The van der Waals surface area contributed by atoms with Crippen molar-refractivity contribution in [2.45, 2.75) is 11.4 Å². The molecule has 1 saturated heterocycles. The van der Waals surface area contributed by atoms with Crippen LogP contribution in [0.2, 0.25) is 0 Å². The van der Waals surface area contributed by atoms with Crippen LogP contribution in [0, 0.1) is 0 Å².